The summed E-state index contributed by atoms with van der Waals surface area (Å²) >= 11 is 6.09. The van der Waals surface area contributed by atoms with E-state index in [1.165, 1.54) is 0 Å². The summed E-state index contributed by atoms with van der Waals surface area (Å²) in [6.07, 6.45) is 1.68. The molecule has 1 aromatic carbocycles. The monoisotopic (exact) mass is 251 g/mol. The van der Waals surface area contributed by atoms with Crippen LogP contribution in [0.1, 0.15) is 11.4 Å². The highest BCUT2D eigenvalue weighted by Gasteiger charge is 2.04. The van der Waals surface area contributed by atoms with E-state index in [2.05, 4.69) is 15.3 Å². The highest BCUT2D eigenvalue weighted by molar-refractivity contribution is 6.33. The molecule has 0 radical (unpaired) electrons. The number of nitrogens with one attached hydrogen (secondary N) is 2. The van der Waals surface area contributed by atoms with Gasteiger partial charge in [0.05, 0.1) is 36.4 Å². The van der Waals surface area contributed by atoms with E-state index in [1.54, 1.807) is 19.5 Å². The number of nitrogens with zero attached hydrogens (tertiary/aromatic N) is 1. The molecule has 4 nitrogen and oxygen atoms in total. The third kappa shape index (κ3) is 2.71. The van der Waals surface area contributed by atoms with Crippen LogP contribution in [0, 0.1) is 6.92 Å². The van der Waals surface area contributed by atoms with Crippen molar-refractivity contribution >= 4 is 17.3 Å². The number of aromatic nitrogens is 2. The summed E-state index contributed by atoms with van der Waals surface area (Å²) in [5, 5.41) is 3.90. The molecule has 0 aliphatic rings. The van der Waals surface area contributed by atoms with Crippen molar-refractivity contribution in [2.24, 2.45) is 0 Å². The molecule has 5 heteroatoms. The normalized spacial score (nSPS) is 10.3. The first-order valence-electron chi connectivity index (χ1n) is 5.27. The first-order chi connectivity index (χ1) is 8.20. The van der Waals surface area contributed by atoms with Crippen LogP contribution in [0.3, 0.4) is 0 Å². The van der Waals surface area contributed by atoms with Crippen LogP contribution in [0.25, 0.3) is 0 Å². The molecule has 0 aliphatic heterocycles. The maximum Gasteiger partial charge on any atom is 0.121 e. The lowest BCUT2D eigenvalue weighted by Gasteiger charge is -2.09. The number of aromatic amines is 1. The fraction of sp³-hybridized carbons (Fsp3) is 0.250. The van der Waals surface area contributed by atoms with Crippen molar-refractivity contribution in [3.05, 3.63) is 40.9 Å². The molecular formula is C12H14ClN3O. The molecule has 0 saturated carbocycles. The van der Waals surface area contributed by atoms with Gasteiger partial charge in [0.15, 0.2) is 0 Å². The molecule has 90 valence electrons. The molecule has 0 spiro atoms. The molecule has 0 unspecified atom stereocenters. The number of imidazole rings is 1. The van der Waals surface area contributed by atoms with Crippen LogP contribution in [-0.2, 0) is 6.54 Å². The number of benzene rings is 1. The highest BCUT2D eigenvalue weighted by atomic mass is 35.5. The summed E-state index contributed by atoms with van der Waals surface area (Å²) in [4.78, 5) is 7.24. The van der Waals surface area contributed by atoms with Crippen molar-refractivity contribution in [1.82, 2.24) is 9.97 Å². The largest absolute Gasteiger partial charge is 0.497 e. The van der Waals surface area contributed by atoms with Crippen molar-refractivity contribution in [2.45, 2.75) is 13.5 Å². The van der Waals surface area contributed by atoms with Crippen molar-refractivity contribution in [3.8, 4) is 5.75 Å². The topological polar surface area (TPSA) is 49.9 Å². The van der Waals surface area contributed by atoms with Crippen molar-refractivity contribution in [3.63, 3.8) is 0 Å². The Hall–Kier alpha value is -1.68. The third-order valence-corrected chi connectivity index (χ3v) is 2.88. The Morgan fingerprint density at radius 3 is 2.94 bits per heavy atom. The second kappa shape index (κ2) is 5.10. The van der Waals surface area contributed by atoms with Crippen LogP contribution in [0.5, 0.6) is 5.75 Å². The van der Waals surface area contributed by atoms with Gasteiger partial charge in [-0.3, -0.25) is 0 Å². The summed E-state index contributed by atoms with van der Waals surface area (Å²) in [5.41, 5.74) is 2.87. The number of rotatable bonds is 4. The number of ether oxygens (including phenoxy) is 1. The molecule has 0 aliphatic carbocycles. The average Bonchev–Trinajstić information content (AvgIpc) is 2.74. The molecule has 0 saturated heterocycles. The zero-order valence-electron chi connectivity index (χ0n) is 9.75. The summed E-state index contributed by atoms with van der Waals surface area (Å²) in [6, 6.07) is 5.50. The second-order valence-corrected chi connectivity index (χ2v) is 4.08. The molecule has 2 N–H and O–H groups in total. The van der Waals surface area contributed by atoms with Gasteiger partial charge in [-0.25, -0.2) is 4.98 Å². The minimum absolute atomic E-state index is 0.627. The Morgan fingerprint density at radius 2 is 2.29 bits per heavy atom. The van der Waals surface area contributed by atoms with Gasteiger partial charge in [-0.15, -0.1) is 0 Å². The van der Waals surface area contributed by atoms with E-state index in [0.29, 0.717) is 11.6 Å². The molecule has 0 bridgehead atoms. The molecule has 17 heavy (non-hydrogen) atoms. The van der Waals surface area contributed by atoms with Crippen LogP contribution in [0.15, 0.2) is 24.5 Å². The van der Waals surface area contributed by atoms with Crippen LogP contribution in [0.2, 0.25) is 5.02 Å². The van der Waals surface area contributed by atoms with Crippen molar-refractivity contribution in [2.75, 3.05) is 12.4 Å². The third-order valence-electron chi connectivity index (χ3n) is 2.55. The minimum Gasteiger partial charge on any atom is -0.497 e. The Balaban J connectivity index is 2.11. The van der Waals surface area contributed by atoms with Gasteiger partial charge in [-0.2, -0.15) is 0 Å². The van der Waals surface area contributed by atoms with E-state index >= 15 is 0 Å². The van der Waals surface area contributed by atoms with Crippen LogP contribution in [-0.4, -0.2) is 17.1 Å². The molecular weight excluding hydrogens is 238 g/mol. The van der Waals surface area contributed by atoms with Gasteiger partial charge in [0.1, 0.15) is 5.75 Å². The van der Waals surface area contributed by atoms with Gasteiger partial charge in [0.25, 0.3) is 0 Å². The van der Waals surface area contributed by atoms with Gasteiger partial charge in [0.2, 0.25) is 0 Å². The fourth-order valence-electron chi connectivity index (χ4n) is 1.51. The van der Waals surface area contributed by atoms with Crippen LogP contribution >= 0.6 is 11.6 Å². The van der Waals surface area contributed by atoms with Crippen LogP contribution < -0.4 is 10.1 Å². The second-order valence-electron chi connectivity index (χ2n) is 3.67. The Morgan fingerprint density at radius 1 is 1.47 bits per heavy atom. The van der Waals surface area contributed by atoms with E-state index in [4.69, 9.17) is 16.3 Å². The van der Waals surface area contributed by atoms with E-state index in [9.17, 15) is 0 Å². The lowest BCUT2D eigenvalue weighted by atomic mass is 10.2. The highest BCUT2D eigenvalue weighted by Crippen LogP contribution is 2.27. The van der Waals surface area contributed by atoms with E-state index in [1.807, 2.05) is 19.1 Å². The van der Waals surface area contributed by atoms with E-state index < -0.39 is 0 Å². The van der Waals surface area contributed by atoms with Crippen molar-refractivity contribution in [1.29, 1.82) is 0 Å². The zero-order valence-corrected chi connectivity index (χ0v) is 10.5. The lowest BCUT2D eigenvalue weighted by Crippen LogP contribution is -2.02. The predicted molar refractivity (Wildman–Crippen MR) is 68.7 cm³/mol. The first-order valence-corrected chi connectivity index (χ1v) is 5.64. The standard InChI is InChI=1S/C12H14ClN3O/c1-8-12(16-7-15-8)6-14-11-5-9(17-2)3-4-10(11)13/h3-5,7,14H,6H2,1-2H3,(H,15,16). The first kappa shape index (κ1) is 11.8. The average molecular weight is 252 g/mol. The number of anilines is 1. The van der Waals surface area contributed by atoms with E-state index in [0.717, 1.165) is 22.8 Å². The molecule has 0 amide bonds. The molecule has 1 aromatic heterocycles. The van der Waals surface area contributed by atoms with Crippen LogP contribution in [0.4, 0.5) is 5.69 Å². The SMILES string of the molecule is COc1ccc(Cl)c(NCc2nc[nH]c2C)c1. The quantitative estimate of drug-likeness (QED) is 0.878. The van der Waals surface area contributed by atoms with Crippen molar-refractivity contribution < 1.29 is 4.74 Å². The zero-order chi connectivity index (χ0) is 12.3. The van der Waals surface area contributed by atoms with Gasteiger partial charge in [-0.1, -0.05) is 11.6 Å². The summed E-state index contributed by atoms with van der Waals surface area (Å²) < 4.78 is 5.15. The Labute approximate surface area is 105 Å². The molecule has 1 heterocycles. The van der Waals surface area contributed by atoms with E-state index in [-0.39, 0.29) is 0 Å². The molecule has 0 fully saturated rings. The molecule has 2 aromatic rings. The number of methoxy groups -OCH3 is 1. The number of hydrogen-bond acceptors (Lipinski definition) is 3. The van der Waals surface area contributed by atoms with Gasteiger partial charge in [0, 0.05) is 11.8 Å². The molecule has 0 atom stereocenters. The maximum absolute atomic E-state index is 6.09. The smallest absolute Gasteiger partial charge is 0.121 e. The van der Waals surface area contributed by atoms with Gasteiger partial charge < -0.3 is 15.0 Å². The number of hydrogen-bond donors (Lipinski definition) is 2. The number of H-pyrrole nitrogens is 1. The molecule has 2 rings (SSSR count). The Kier molecular flexibility index (Phi) is 3.54. The fourth-order valence-corrected chi connectivity index (χ4v) is 1.70. The minimum atomic E-state index is 0.627. The lowest BCUT2D eigenvalue weighted by molar-refractivity contribution is 0.415. The number of aryl methyl sites for hydroxylation is 1. The summed E-state index contributed by atoms with van der Waals surface area (Å²) in [6.45, 7) is 2.61. The number of halogens is 1. The summed E-state index contributed by atoms with van der Waals surface area (Å²) in [5.74, 6) is 0.774. The predicted octanol–water partition coefficient (Wildman–Crippen LogP) is 2.99. The van der Waals surface area contributed by atoms with Gasteiger partial charge in [-0.05, 0) is 19.1 Å². The summed E-state index contributed by atoms with van der Waals surface area (Å²) in [7, 11) is 1.63. The maximum atomic E-state index is 6.09. The Bertz CT molecular complexity index is 510. The van der Waals surface area contributed by atoms with Gasteiger partial charge >= 0.3 is 0 Å².